The molecule has 2 fully saturated rings. The summed E-state index contributed by atoms with van der Waals surface area (Å²) in [5.74, 6) is -1.95. The molecule has 0 unspecified atom stereocenters. The van der Waals surface area contributed by atoms with Crippen molar-refractivity contribution in [2.45, 2.75) is 177 Å². The van der Waals surface area contributed by atoms with Crippen molar-refractivity contribution in [3.8, 4) is 0 Å². The van der Waals surface area contributed by atoms with Crippen LogP contribution in [0.4, 0.5) is 4.39 Å². The molecular formula is C103H137AlFLiN12O25S. The Bertz CT molecular complexity index is 6770. The number of alkyl halides is 1. The Morgan fingerprint density at radius 2 is 0.750 bits per heavy atom. The van der Waals surface area contributed by atoms with Crippen LogP contribution < -0.4 is 52.6 Å². The average molecular weight is 2030 g/mol. The van der Waals surface area contributed by atoms with E-state index in [1.165, 1.54) is 93.5 Å². The summed E-state index contributed by atoms with van der Waals surface area (Å²) in [5, 5.41) is 66.9. The maximum Gasteiger partial charge on any atom is 1.00 e. The number of hydrogen-bond acceptors (Lipinski definition) is 27. The second kappa shape index (κ2) is 57.8. The smallest absolute Gasteiger partial charge is 1.00 e. The molecule has 13 aromatic rings. The summed E-state index contributed by atoms with van der Waals surface area (Å²) in [6.45, 7) is 28.3. The van der Waals surface area contributed by atoms with Gasteiger partial charge >= 0.3 is 53.8 Å². The van der Waals surface area contributed by atoms with E-state index in [9.17, 15) is 91.1 Å². The number of nitrogens with zero attached hydrogens (tertiary/aromatic N) is 11. The summed E-state index contributed by atoms with van der Waals surface area (Å²) in [7, 11) is 5.47. The molecule has 6 aromatic heterocycles. The molecule has 0 aliphatic carbocycles. The first kappa shape index (κ1) is 124. The number of benzene rings is 7. The number of carboxylic acids is 1. The zero-order valence-electron chi connectivity index (χ0n) is 87.2. The number of H-pyrrole nitrogens is 1. The molecule has 776 valence electrons. The predicted molar refractivity (Wildman–Crippen MR) is 549 cm³/mol. The fourth-order valence-corrected chi connectivity index (χ4v) is 13.6. The minimum Gasteiger partial charge on any atom is -1.00 e. The zero-order chi connectivity index (χ0) is 107. The standard InChI is InChI=1S/2C17H20N4O3.C12H16O3.C11H16O4S.C11H12O3.C10H14O2.C9H8O3.C7H8N4O2.2C4H8O.CH3F.Al.Li.4H/c2*1-17(2,24)12-7-5-6-11(8-12)9-21-15(22)13-14(18-10-19(13)3)20(4)16(21)23;1-4-15-11(13)9-6-5-7-10(8-9)12(2,3)14;1-11(2,12)10-6-4-5-9(7-10)8-15-16(3,13)14;1-3-14-11(13)10-6-4-5-9(7-10)8(2)12;1-10(2,12)9-5-3-4-8(6-9)7-11;1-6(10)7-3-2-4-8(5-7)9(11)12;1-10-3-8-5-4(10)6(12)9-7(13)11(5)2;2*1-2-4-5-3-1;1-2;;;;;;/h2*5-8,10,24H,9H2,1-4H3;5-8,14H,4H2,1-3H3;4-7,12H,8H2,1-3H3;4-7H,3H2,1-2H3;3-6,11-12H,7H2,1-2H3;2-5H,1H3,(H,11,12);3H,1-2H3,(H,9,12,13);2*1-4H2;1H3;;;;;;/q;;;;;;;;;;;;+1;;;;-1/i;;;;;;;;;;1D;;;;;;. The van der Waals surface area contributed by atoms with E-state index in [1.807, 2.05) is 42.5 Å². The van der Waals surface area contributed by atoms with Crippen LogP contribution in [-0.4, -0.2) is 201 Å². The Kier molecular flexibility index (Phi) is 49.6. The fourth-order valence-electron chi connectivity index (χ4n) is 13.3. The average Bonchev–Trinajstić information content (AvgIpc) is 1.56. The first-order valence-corrected chi connectivity index (χ1v) is 46.8. The summed E-state index contributed by atoms with van der Waals surface area (Å²) in [4.78, 5) is 142. The van der Waals surface area contributed by atoms with Gasteiger partial charge in [0.1, 0.15) is 0 Å². The second-order valence-electron chi connectivity index (χ2n) is 35.3. The molecule has 41 heteroatoms. The normalized spacial score (nSPS) is 12.1. The number of rotatable bonds is 20. The van der Waals surface area contributed by atoms with E-state index in [4.69, 9.17) is 30.5 Å². The van der Waals surface area contributed by atoms with Gasteiger partial charge < -0.3 is 69.8 Å². The summed E-state index contributed by atoms with van der Waals surface area (Å²) < 4.78 is 72.6. The van der Waals surface area contributed by atoms with Crippen LogP contribution in [0.25, 0.3) is 33.5 Å². The number of aromatic nitrogens is 12. The molecule has 15 rings (SSSR count). The molecule has 0 radical (unpaired) electrons. The molecule has 2 aliphatic heterocycles. The van der Waals surface area contributed by atoms with E-state index in [2.05, 4.69) is 24.1 Å². The van der Waals surface area contributed by atoms with Gasteiger partial charge in [0.2, 0.25) is 0 Å². The molecule has 8 N–H and O–H groups in total. The number of carbonyl (C=O) groups excluding carboxylic acids is 4. The van der Waals surface area contributed by atoms with Gasteiger partial charge in [-0.1, -0.05) is 133 Å². The van der Waals surface area contributed by atoms with Crippen molar-refractivity contribution in [3.63, 3.8) is 0 Å². The Hall–Kier alpha value is -12.6. The number of aliphatic hydroxyl groups is 6. The number of esters is 2. The number of ketones is 2. The number of aromatic carboxylic acids is 1. The van der Waals surface area contributed by atoms with Gasteiger partial charge in [0.05, 0.1) is 118 Å². The molecule has 2 aliphatic rings. The molecule has 7 aromatic carbocycles. The Labute approximate surface area is 860 Å². The van der Waals surface area contributed by atoms with Gasteiger partial charge in [0, 0.05) is 79.8 Å². The number of aliphatic hydroxyl groups excluding tert-OH is 1. The van der Waals surface area contributed by atoms with Crippen LogP contribution in [0.2, 0.25) is 0 Å². The number of nitrogens with one attached hydrogen (secondary N) is 1. The number of aromatic amines is 1. The van der Waals surface area contributed by atoms with Crippen LogP contribution in [-0.2, 0) is 130 Å². The van der Waals surface area contributed by atoms with E-state index in [0.29, 0.717) is 80.1 Å². The van der Waals surface area contributed by atoms with E-state index in [1.54, 1.807) is 254 Å². The summed E-state index contributed by atoms with van der Waals surface area (Å²) in [6, 6.07) is 48.2. The van der Waals surface area contributed by atoms with Crippen LogP contribution in [0.5, 0.6) is 0 Å². The first-order valence-electron chi connectivity index (χ1n) is 45.7. The summed E-state index contributed by atoms with van der Waals surface area (Å²) in [5.41, 5.74) is 3.96. The third-order valence-corrected chi connectivity index (χ3v) is 21.8. The molecule has 0 atom stereocenters. The molecule has 37 nitrogen and oxygen atoms in total. The molecule has 0 bridgehead atoms. The van der Waals surface area contributed by atoms with Gasteiger partial charge in [-0.3, -0.25) is 60.4 Å². The largest absolute Gasteiger partial charge is 1.00 e. The predicted octanol–water partition coefficient (Wildman–Crippen LogP) is 7.03. The number of imidazole rings is 3. The van der Waals surface area contributed by atoms with Crippen molar-refractivity contribution < 1.29 is 117 Å². The summed E-state index contributed by atoms with van der Waals surface area (Å²) >= 11 is 0. The van der Waals surface area contributed by atoms with Crippen LogP contribution in [0, 0.1) is 0 Å². The van der Waals surface area contributed by atoms with Crippen LogP contribution >= 0.6 is 0 Å². The molecule has 8 heterocycles. The molecule has 144 heavy (non-hydrogen) atoms. The van der Waals surface area contributed by atoms with Crippen LogP contribution in [0.1, 0.15) is 227 Å². The molecule has 0 amide bonds. The first-order chi connectivity index (χ1) is 66.8. The van der Waals surface area contributed by atoms with Gasteiger partial charge in [-0.2, -0.15) is 8.42 Å². The molecule has 2 saturated heterocycles. The topological polar surface area (TPSA) is 504 Å². The number of carbonyl (C=O) groups is 5. The van der Waals surface area contributed by atoms with Crippen molar-refractivity contribution in [3.05, 3.63) is 329 Å². The third-order valence-electron chi connectivity index (χ3n) is 21.2. The number of hydrogen-bond donors (Lipinski definition) is 8. The number of fused-ring (bicyclic) bond motifs is 3. The number of Topliss-reactive ketones (excluding diaryl/α,β-unsaturated/α-hetero) is 2. The van der Waals surface area contributed by atoms with E-state index >= 15 is 0 Å². The van der Waals surface area contributed by atoms with Gasteiger partial charge in [-0.15, -0.1) is 0 Å². The van der Waals surface area contributed by atoms with E-state index < -0.39 is 79.8 Å². The quantitative estimate of drug-likeness (QED) is 0.0164. The molecule has 0 saturated carbocycles. The number of aryl methyl sites for hydroxylation is 6. The number of ether oxygens (including phenoxy) is 4. The zero-order valence-corrected chi connectivity index (χ0v) is 86.0. The monoisotopic (exact) mass is 2030 g/mol. The summed E-state index contributed by atoms with van der Waals surface area (Å²) in [6.07, 6.45) is 10.7. The Morgan fingerprint density at radius 3 is 1.08 bits per heavy atom. The SMILES string of the molecule is C1CCOC1.C1CCOC1.CC(=O)c1cccc(C(=O)O)c1.CC(C)(O)c1cccc(CO)c1.CC(C)(O)c1cccc(COS(C)(=O)=O)c1.CCOC(=O)c1cccc(C(C)(C)O)c1.CCOC(=O)c1cccc(C(C)=O)c1.Cn1cnc2c1c(=O)[nH]c(=O)n2C.Cn1cnc2c1c(=O)n(Cc1cccc(C(C)(C)O)c1)c(=O)n2C.Cn1cnc2c1c(=O)n(Cc1cccc(C(C)(C)O)c1)c(=O)n2C.[2H]CF.[AlH3].[H-].[Li+]. The third kappa shape index (κ3) is 38.8. The van der Waals surface area contributed by atoms with Crippen molar-refractivity contribution in [1.29, 1.82) is 0 Å². The number of carboxylic acid groups (broad SMARTS) is 1. The van der Waals surface area contributed by atoms with E-state index in [-0.39, 0.29) is 98.2 Å². The Balaban J connectivity index is 0.000000558. The van der Waals surface area contributed by atoms with Crippen molar-refractivity contribution in [1.82, 2.24) is 56.5 Å². The van der Waals surface area contributed by atoms with Crippen molar-refractivity contribution >= 4 is 90.4 Å². The van der Waals surface area contributed by atoms with Gasteiger partial charge in [0.15, 0.2) is 62.4 Å². The maximum absolute atomic E-state index is 12.7. The molecule has 0 spiro atoms. The minimum atomic E-state index is -3.43. The van der Waals surface area contributed by atoms with Crippen LogP contribution in [0.3, 0.4) is 0 Å². The Morgan fingerprint density at radius 1 is 0.458 bits per heavy atom. The van der Waals surface area contributed by atoms with Crippen LogP contribution in [0.15, 0.2) is 218 Å². The number of halogens is 1. The fraction of sp³-hybridized carbons (Fsp3) is 0.398. The van der Waals surface area contributed by atoms with Crippen molar-refractivity contribution in [2.75, 3.05) is 53.1 Å². The minimum absolute atomic E-state index is 0. The maximum atomic E-state index is 12.7. The van der Waals surface area contributed by atoms with E-state index in [0.717, 1.165) is 71.6 Å². The van der Waals surface area contributed by atoms with Gasteiger partial charge in [-0.05, 0) is 209 Å². The van der Waals surface area contributed by atoms with Crippen molar-refractivity contribution in [2.24, 2.45) is 42.3 Å². The second-order valence-corrected chi connectivity index (χ2v) is 37.0. The molecular weight excluding hydrogens is 1890 g/mol. The van der Waals surface area contributed by atoms with Gasteiger partial charge in [-0.25, -0.2) is 43.7 Å². The van der Waals surface area contributed by atoms with Gasteiger partial charge in [0.25, 0.3) is 26.8 Å².